The fourth-order valence-corrected chi connectivity index (χ4v) is 5.06. The Labute approximate surface area is 267 Å². The van der Waals surface area contributed by atoms with Crippen molar-refractivity contribution in [3.8, 4) is 11.6 Å². The molecular formula is C32H39ClF2N6O4. The molecule has 1 aliphatic rings. The van der Waals surface area contributed by atoms with Crippen LogP contribution in [0.1, 0.15) is 58.9 Å². The summed E-state index contributed by atoms with van der Waals surface area (Å²) in [6, 6.07) is 11.6. The lowest BCUT2D eigenvalue weighted by Gasteiger charge is -2.38. The second-order valence-electron chi connectivity index (χ2n) is 11.0. The predicted molar refractivity (Wildman–Crippen MR) is 170 cm³/mol. The number of rotatable bonds is 11. The number of nitrogens with zero attached hydrogens (tertiary/aromatic N) is 4. The molecule has 0 saturated carbocycles. The van der Waals surface area contributed by atoms with Crippen LogP contribution in [-0.4, -0.2) is 77.3 Å². The zero-order valence-corrected chi connectivity index (χ0v) is 26.4. The second kappa shape index (κ2) is 16.1. The molecule has 0 radical (unpaired) electrons. The molecule has 0 unspecified atom stereocenters. The Morgan fingerprint density at radius 2 is 1.73 bits per heavy atom. The number of pyridine rings is 1. The van der Waals surface area contributed by atoms with E-state index in [0.717, 1.165) is 50.4 Å². The van der Waals surface area contributed by atoms with E-state index in [1.165, 1.54) is 4.90 Å². The summed E-state index contributed by atoms with van der Waals surface area (Å²) in [4.78, 5) is 46.7. The largest absolute Gasteiger partial charge is 0.439 e. The number of primary amides is 1. The molecule has 1 saturated heterocycles. The van der Waals surface area contributed by atoms with E-state index in [0.29, 0.717) is 36.3 Å². The van der Waals surface area contributed by atoms with E-state index < -0.39 is 29.1 Å². The van der Waals surface area contributed by atoms with Crippen molar-refractivity contribution in [2.24, 2.45) is 5.73 Å². The van der Waals surface area contributed by atoms with Crippen LogP contribution in [0.25, 0.3) is 0 Å². The number of likely N-dealkylation sites (tertiary alicyclic amines) is 1. The molecule has 1 aliphatic heterocycles. The van der Waals surface area contributed by atoms with E-state index in [-0.39, 0.29) is 30.0 Å². The summed E-state index contributed by atoms with van der Waals surface area (Å²) < 4.78 is 34.1. The number of unbranched alkanes of at least 4 members (excludes halogenated alkanes) is 1. The van der Waals surface area contributed by atoms with Gasteiger partial charge in [0.2, 0.25) is 5.88 Å². The molecule has 45 heavy (non-hydrogen) atoms. The van der Waals surface area contributed by atoms with Crippen molar-refractivity contribution in [3.63, 3.8) is 0 Å². The van der Waals surface area contributed by atoms with Crippen molar-refractivity contribution in [3.05, 3.63) is 83.1 Å². The summed E-state index contributed by atoms with van der Waals surface area (Å²) in [5, 5.41) is 2.51. The number of benzene rings is 2. The average molecular weight is 645 g/mol. The average Bonchev–Trinajstić information content (AvgIpc) is 3.00. The number of hydrogen-bond donors (Lipinski definition) is 2. The number of ether oxygens (including phenoxy) is 1. The SMILES string of the molecule is CCCCN(C(=O)Nc1cc(C(N)=O)c(F)cc1F)C1CCN(Cc2ccc(Oc3ccc(C(=O)N(C)C)cc3)nc2)CC1.Cl. The zero-order chi connectivity index (χ0) is 31.8. The van der Waals surface area contributed by atoms with Gasteiger partial charge in [-0.15, -0.1) is 12.4 Å². The number of carbonyl (C=O) groups is 3. The molecule has 3 N–H and O–H groups in total. The molecule has 4 amide bonds. The van der Waals surface area contributed by atoms with Crippen LogP contribution >= 0.6 is 12.4 Å². The summed E-state index contributed by atoms with van der Waals surface area (Å²) >= 11 is 0. The third-order valence-electron chi connectivity index (χ3n) is 7.51. The van der Waals surface area contributed by atoms with Crippen LogP contribution < -0.4 is 15.8 Å². The van der Waals surface area contributed by atoms with Gasteiger partial charge < -0.3 is 25.6 Å². The lowest BCUT2D eigenvalue weighted by atomic mass is 10.0. The van der Waals surface area contributed by atoms with Crippen LogP contribution in [0.3, 0.4) is 0 Å². The van der Waals surface area contributed by atoms with Gasteiger partial charge in [-0.3, -0.25) is 14.5 Å². The van der Waals surface area contributed by atoms with E-state index in [1.807, 2.05) is 13.0 Å². The molecule has 0 aliphatic carbocycles. The Kier molecular flexibility index (Phi) is 12.6. The van der Waals surface area contributed by atoms with E-state index in [4.69, 9.17) is 10.5 Å². The first-order valence-electron chi connectivity index (χ1n) is 14.6. The van der Waals surface area contributed by atoms with Gasteiger partial charge in [-0.2, -0.15) is 0 Å². The van der Waals surface area contributed by atoms with Crippen LogP contribution in [0, 0.1) is 11.6 Å². The van der Waals surface area contributed by atoms with Gasteiger partial charge in [-0.05, 0) is 55.2 Å². The second-order valence-corrected chi connectivity index (χ2v) is 11.0. The Balaban J connectivity index is 0.00000552. The van der Waals surface area contributed by atoms with Crippen molar-refractivity contribution in [1.82, 2.24) is 19.7 Å². The maximum atomic E-state index is 14.4. The van der Waals surface area contributed by atoms with Crippen molar-refractivity contribution in [1.29, 1.82) is 0 Å². The van der Waals surface area contributed by atoms with Gasteiger partial charge in [-0.1, -0.05) is 19.4 Å². The highest BCUT2D eigenvalue weighted by atomic mass is 35.5. The zero-order valence-electron chi connectivity index (χ0n) is 25.6. The number of halogens is 3. The molecule has 13 heteroatoms. The summed E-state index contributed by atoms with van der Waals surface area (Å²) in [7, 11) is 3.40. The van der Waals surface area contributed by atoms with Gasteiger partial charge in [0.05, 0.1) is 11.3 Å². The minimum atomic E-state index is -1.08. The van der Waals surface area contributed by atoms with Gasteiger partial charge in [0.1, 0.15) is 17.4 Å². The van der Waals surface area contributed by atoms with Gasteiger partial charge in [-0.25, -0.2) is 18.6 Å². The number of urea groups is 1. The lowest BCUT2D eigenvalue weighted by Crippen LogP contribution is -2.49. The number of hydrogen-bond acceptors (Lipinski definition) is 6. The van der Waals surface area contributed by atoms with E-state index in [2.05, 4.69) is 15.2 Å². The van der Waals surface area contributed by atoms with E-state index in [1.54, 1.807) is 55.5 Å². The number of nitrogens with two attached hydrogens (primary N) is 1. The quantitative estimate of drug-likeness (QED) is 0.277. The van der Waals surface area contributed by atoms with Gasteiger partial charge in [0.15, 0.2) is 0 Å². The van der Waals surface area contributed by atoms with Crippen molar-refractivity contribution >= 4 is 35.9 Å². The molecule has 0 bridgehead atoms. The monoisotopic (exact) mass is 644 g/mol. The van der Waals surface area contributed by atoms with Gasteiger partial charge in [0, 0.05) is 70.2 Å². The smallest absolute Gasteiger partial charge is 0.322 e. The minimum Gasteiger partial charge on any atom is -0.439 e. The minimum absolute atomic E-state index is 0. The molecule has 242 valence electrons. The molecule has 1 fully saturated rings. The summed E-state index contributed by atoms with van der Waals surface area (Å²) in [6.07, 6.45) is 4.84. The topological polar surface area (TPSA) is 121 Å². The maximum absolute atomic E-state index is 14.4. The van der Waals surface area contributed by atoms with Gasteiger partial charge >= 0.3 is 6.03 Å². The number of nitrogens with one attached hydrogen (secondary N) is 1. The third-order valence-corrected chi connectivity index (χ3v) is 7.51. The first-order chi connectivity index (χ1) is 21.0. The number of anilines is 1. The maximum Gasteiger partial charge on any atom is 0.322 e. The normalized spacial score (nSPS) is 13.4. The van der Waals surface area contributed by atoms with Crippen LogP contribution in [0.15, 0.2) is 54.7 Å². The van der Waals surface area contributed by atoms with Crippen LogP contribution in [0.4, 0.5) is 19.3 Å². The molecule has 1 aromatic heterocycles. The first-order valence-corrected chi connectivity index (χ1v) is 14.6. The fourth-order valence-electron chi connectivity index (χ4n) is 5.06. The summed E-state index contributed by atoms with van der Waals surface area (Å²) in [5.74, 6) is -2.17. The van der Waals surface area contributed by atoms with Gasteiger partial charge in [0.25, 0.3) is 11.8 Å². The van der Waals surface area contributed by atoms with Crippen LogP contribution in [-0.2, 0) is 6.54 Å². The molecule has 0 spiro atoms. The molecule has 10 nitrogen and oxygen atoms in total. The molecule has 2 aromatic carbocycles. The highest BCUT2D eigenvalue weighted by molar-refractivity contribution is 5.96. The fraction of sp³-hybridized carbons (Fsp3) is 0.375. The Bertz CT molecular complexity index is 1470. The Morgan fingerprint density at radius 1 is 1.04 bits per heavy atom. The summed E-state index contributed by atoms with van der Waals surface area (Å²) in [6.45, 7) is 4.67. The summed E-state index contributed by atoms with van der Waals surface area (Å²) in [5.41, 5.74) is 5.99. The first kappa shape index (κ1) is 35.2. The Morgan fingerprint density at radius 3 is 2.31 bits per heavy atom. The van der Waals surface area contributed by atoms with Crippen molar-refractivity contribution in [2.75, 3.05) is 39.0 Å². The lowest BCUT2D eigenvalue weighted by molar-refractivity contribution is 0.0827. The number of aromatic nitrogens is 1. The number of amides is 4. The van der Waals surface area contributed by atoms with Crippen LogP contribution in [0.2, 0.25) is 0 Å². The molecular weight excluding hydrogens is 606 g/mol. The molecule has 4 rings (SSSR count). The van der Waals surface area contributed by atoms with E-state index >= 15 is 0 Å². The molecule has 2 heterocycles. The number of carbonyl (C=O) groups excluding carboxylic acids is 3. The molecule has 0 atom stereocenters. The predicted octanol–water partition coefficient (Wildman–Crippen LogP) is 5.67. The van der Waals surface area contributed by atoms with Crippen molar-refractivity contribution in [2.45, 2.75) is 45.2 Å². The van der Waals surface area contributed by atoms with Crippen molar-refractivity contribution < 1.29 is 27.9 Å². The highest BCUT2D eigenvalue weighted by Crippen LogP contribution is 2.24. The highest BCUT2D eigenvalue weighted by Gasteiger charge is 2.28. The Hall–Kier alpha value is -4.29. The molecule has 3 aromatic rings. The standard InChI is InChI=1S/C32H38F2N6O4.ClH/c1-4-5-14-40(32(43)37-28-17-25(30(35)41)26(33)18-27(28)34)23-12-15-39(16-13-23)20-21-6-11-29(36-19-21)44-24-9-7-22(8-10-24)31(42)38(2)3;/h6-11,17-19,23H,4-5,12-16,20H2,1-3H3,(H2,35,41)(H,37,43);1H. The van der Waals surface area contributed by atoms with Crippen LogP contribution in [0.5, 0.6) is 11.6 Å². The third kappa shape index (κ3) is 9.35. The number of piperidine rings is 1. The van der Waals surface area contributed by atoms with E-state index in [9.17, 15) is 23.2 Å².